The number of esters is 1. The monoisotopic (exact) mass is 427 g/mol. The number of aromatic nitrogens is 3. The van der Waals surface area contributed by atoms with Gasteiger partial charge in [-0.15, -0.1) is 23.1 Å². The second kappa shape index (κ2) is 8.62. The number of hydrogen-bond donors (Lipinski definition) is 0. The van der Waals surface area contributed by atoms with Crippen molar-refractivity contribution in [2.24, 2.45) is 0 Å². The summed E-state index contributed by atoms with van der Waals surface area (Å²) in [6, 6.07) is 9.06. The van der Waals surface area contributed by atoms with E-state index in [9.17, 15) is 4.79 Å². The molecule has 0 saturated heterocycles. The van der Waals surface area contributed by atoms with Crippen molar-refractivity contribution in [1.29, 1.82) is 0 Å². The first kappa shape index (κ1) is 19.4. The van der Waals surface area contributed by atoms with Gasteiger partial charge in [-0.05, 0) is 37.4 Å². The molecule has 4 heterocycles. The minimum atomic E-state index is -0.458. The van der Waals surface area contributed by atoms with Gasteiger partial charge in [-0.2, -0.15) is 0 Å². The first-order valence-electron chi connectivity index (χ1n) is 8.78. The van der Waals surface area contributed by atoms with Crippen LogP contribution in [0, 0.1) is 13.8 Å². The molecular formula is C20H17N3O4S2. The molecule has 0 spiro atoms. The fourth-order valence-corrected chi connectivity index (χ4v) is 4.45. The van der Waals surface area contributed by atoms with Crippen LogP contribution in [0.15, 0.2) is 56.0 Å². The smallest absolute Gasteiger partial charge is 0.341 e. The number of thiophene rings is 1. The van der Waals surface area contributed by atoms with Crippen LogP contribution >= 0.6 is 23.1 Å². The van der Waals surface area contributed by atoms with Crippen molar-refractivity contribution < 1.29 is 18.6 Å². The van der Waals surface area contributed by atoms with Crippen molar-refractivity contribution in [3.8, 4) is 10.6 Å². The van der Waals surface area contributed by atoms with Crippen molar-refractivity contribution >= 4 is 29.1 Å². The van der Waals surface area contributed by atoms with E-state index in [0.717, 1.165) is 21.9 Å². The highest BCUT2D eigenvalue weighted by Crippen LogP contribution is 2.28. The van der Waals surface area contributed by atoms with Crippen molar-refractivity contribution in [3.63, 3.8) is 0 Å². The number of rotatable bonds is 7. The van der Waals surface area contributed by atoms with E-state index >= 15 is 0 Å². The van der Waals surface area contributed by atoms with Gasteiger partial charge in [-0.1, -0.05) is 16.4 Å². The molecule has 0 aliphatic heterocycles. The van der Waals surface area contributed by atoms with Gasteiger partial charge in [0.05, 0.1) is 16.1 Å². The second-order valence-electron chi connectivity index (χ2n) is 6.18. The Bertz CT molecular complexity index is 1100. The first-order chi connectivity index (χ1) is 14.1. The summed E-state index contributed by atoms with van der Waals surface area (Å²) in [5, 5.41) is 10.5. The van der Waals surface area contributed by atoms with E-state index < -0.39 is 5.97 Å². The number of thioether (sulfide) groups is 1. The number of ether oxygens (including phenoxy) is 1. The number of pyridine rings is 1. The Labute approximate surface area is 175 Å². The molecule has 0 aromatic carbocycles. The Kier molecular flexibility index (Phi) is 5.77. The predicted octanol–water partition coefficient (Wildman–Crippen LogP) is 5.05. The third-order valence-electron chi connectivity index (χ3n) is 4.20. The summed E-state index contributed by atoms with van der Waals surface area (Å²) in [5.41, 5.74) is 2.80. The molecule has 4 aromatic heterocycles. The lowest BCUT2D eigenvalue weighted by Crippen LogP contribution is -2.08. The molecule has 9 heteroatoms. The van der Waals surface area contributed by atoms with Crippen LogP contribution in [0.1, 0.15) is 33.1 Å². The first-order valence-corrected chi connectivity index (χ1v) is 10.6. The Balaban J connectivity index is 1.41. The van der Waals surface area contributed by atoms with Gasteiger partial charge in [-0.25, -0.2) is 9.78 Å². The molecule has 29 heavy (non-hydrogen) atoms. The highest BCUT2D eigenvalue weighted by molar-refractivity contribution is 7.98. The predicted molar refractivity (Wildman–Crippen MR) is 109 cm³/mol. The van der Waals surface area contributed by atoms with E-state index in [1.54, 1.807) is 35.7 Å². The zero-order valence-corrected chi connectivity index (χ0v) is 17.4. The minimum absolute atomic E-state index is 0.0244. The Hall–Kier alpha value is -2.91. The van der Waals surface area contributed by atoms with Crippen LogP contribution in [-0.4, -0.2) is 21.3 Å². The summed E-state index contributed by atoms with van der Waals surface area (Å²) in [6.07, 6.45) is 1.65. The van der Waals surface area contributed by atoms with E-state index in [-0.39, 0.29) is 6.61 Å². The van der Waals surface area contributed by atoms with Crippen LogP contribution in [0.2, 0.25) is 0 Å². The summed E-state index contributed by atoms with van der Waals surface area (Å²) in [6.45, 7) is 3.78. The number of carbonyl (C=O) groups excluding carboxylic acids is 1. The molecule has 7 nitrogen and oxygen atoms in total. The summed E-state index contributed by atoms with van der Waals surface area (Å²) in [4.78, 5) is 17.9. The van der Waals surface area contributed by atoms with Crippen LogP contribution in [0.4, 0.5) is 0 Å². The topological polar surface area (TPSA) is 91.2 Å². The van der Waals surface area contributed by atoms with Crippen LogP contribution in [0.3, 0.4) is 0 Å². The molecule has 0 bridgehead atoms. The maximum Gasteiger partial charge on any atom is 0.341 e. The van der Waals surface area contributed by atoms with Crippen LogP contribution in [0.25, 0.3) is 10.6 Å². The summed E-state index contributed by atoms with van der Waals surface area (Å²) < 4.78 is 15.9. The quantitative estimate of drug-likeness (QED) is 0.299. The highest BCUT2D eigenvalue weighted by atomic mass is 32.2. The molecular weight excluding hydrogens is 410 g/mol. The minimum Gasteiger partial charge on any atom is -0.455 e. The van der Waals surface area contributed by atoms with E-state index in [4.69, 9.17) is 13.8 Å². The number of hydrogen-bond acceptors (Lipinski definition) is 9. The maximum atomic E-state index is 12.6. The third kappa shape index (κ3) is 4.41. The summed E-state index contributed by atoms with van der Waals surface area (Å²) in [5.74, 6) is 1.57. The van der Waals surface area contributed by atoms with E-state index in [2.05, 4.69) is 15.3 Å². The van der Waals surface area contributed by atoms with Gasteiger partial charge in [0.1, 0.15) is 23.1 Å². The molecule has 0 atom stereocenters. The zero-order valence-electron chi connectivity index (χ0n) is 15.7. The average molecular weight is 428 g/mol. The number of aryl methyl sites for hydroxylation is 2. The lowest BCUT2D eigenvalue weighted by Gasteiger charge is -2.07. The fraction of sp³-hybridized carbons (Fsp3) is 0.200. The van der Waals surface area contributed by atoms with Gasteiger partial charge < -0.3 is 13.8 Å². The van der Waals surface area contributed by atoms with Crippen LogP contribution in [-0.2, 0) is 17.1 Å². The van der Waals surface area contributed by atoms with E-state index in [1.165, 1.54) is 11.8 Å². The van der Waals surface area contributed by atoms with Crippen LogP contribution < -0.4 is 0 Å². The van der Waals surface area contributed by atoms with Gasteiger partial charge >= 0.3 is 5.97 Å². The van der Waals surface area contributed by atoms with Crippen molar-refractivity contribution in [3.05, 3.63) is 70.2 Å². The number of nitrogens with zero attached hydrogens (tertiary/aromatic N) is 3. The molecule has 0 saturated carbocycles. The Morgan fingerprint density at radius 3 is 2.86 bits per heavy atom. The molecule has 0 amide bonds. The molecule has 0 aliphatic carbocycles. The lowest BCUT2D eigenvalue weighted by atomic mass is 10.2. The van der Waals surface area contributed by atoms with Gasteiger partial charge in [-0.3, -0.25) is 0 Å². The average Bonchev–Trinajstić information content (AvgIpc) is 3.47. The van der Waals surface area contributed by atoms with Gasteiger partial charge in [0, 0.05) is 23.6 Å². The molecule has 4 rings (SSSR count). The van der Waals surface area contributed by atoms with Crippen molar-refractivity contribution in [1.82, 2.24) is 15.3 Å². The number of carbonyl (C=O) groups is 1. The SMILES string of the molecule is Cc1noc(C)c1CSc1ncccc1C(=O)OCc1cc(-c2cccs2)on1. The van der Waals surface area contributed by atoms with Gasteiger partial charge in [0.15, 0.2) is 5.76 Å². The molecule has 0 N–H and O–H groups in total. The lowest BCUT2D eigenvalue weighted by molar-refractivity contribution is 0.0459. The van der Waals surface area contributed by atoms with Crippen molar-refractivity contribution in [2.75, 3.05) is 0 Å². The summed E-state index contributed by atoms with van der Waals surface area (Å²) >= 11 is 3.00. The molecule has 0 radical (unpaired) electrons. The zero-order chi connectivity index (χ0) is 20.2. The molecule has 4 aromatic rings. The standard InChI is InChI=1S/C20H17N3O4S2/c1-12-16(13(2)26-22-12)11-29-19-15(5-3-7-21-19)20(24)25-10-14-9-17(27-23-14)18-6-4-8-28-18/h3-9H,10-11H2,1-2H3. The van der Waals surface area contributed by atoms with E-state index in [0.29, 0.717) is 27.8 Å². The van der Waals surface area contributed by atoms with Crippen molar-refractivity contribution in [2.45, 2.75) is 31.2 Å². The fourth-order valence-electron chi connectivity index (χ4n) is 2.64. The largest absolute Gasteiger partial charge is 0.455 e. The Morgan fingerprint density at radius 2 is 2.10 bits per heavy atom. The van der Waals surface area contributed by atoms with E-state index in [1.807, 2.05) is 31.4 Å². The molecule has 0 fully saturated rings. The molecule has 0 unspecified atom stereocenters. The third-order valence-corrected chi connectivity index (χ3v) is 6.12. The highest BCUT2D eigenvalue weighted by Gasteiger charge is 2.17. The van der Waals surface area contributed by atoms with Gasteiger partial charge in [0.2, 0.25) is 0 Å². The maximum absolute atomic E-state index is 12.6. The molecule has 148 valence electrons. The van der Waals surface area contributed by atoms with Crippen LogP contribution in [0.5, 0.6) is 0 Å². The molecule has 0 aliphatic rings. The summed E-state index contributed by atoms with van der Waals surface area (Å²) in [7, 11) is 0. The second-order valence-corrected chi connectivity index (χ2v) is 8.10. The van der Waals surface area contributed by atoms with Gasteiger partial charge in [0.25, 0.3) is 0 Å². The normalized spacial score (nSPS) is 11.0. The Morgan fingerprint density at radius 1 is 1.21 bits per heavy atom.